The fraction of sp³-hybridized carbons (Fsp3) is 0.409. The quantitative estimate of drug-likeness (QED) is 0.810. The molecule has 28 heavy (non-hydrogen) atoms. The average molecular weight is 401 g/mol. The van der Waals surface area contributed by atoms with Crippen molar-refractivity contribution in [2.75, 3.05) is 13.1 Å². The normalized spacial score (nSPS) is 15.6. The van der Waals surface area contributed by atoms with Crippen LogP contribution in [0.25, 0.3) is 0 Å². The van der Waals surface area contributed by atoms with Crippen LogP contribution in [-0.2, 0) is 21.2 Å². The second-order valence-electron chi connectivity index (χ2n) is 7.62. The van der Waals surface area contributed by atoms with Crippen LogP contribution in [0.4, 0.5) is 0 Å². The van der Waals surface area contributed by atoms with Gasteiger partial charge in [0.15, 0.2) is 0 Å². The van der Waals surface area contributed by atoms with Crippen molar-refractivity contribution in [2.45, 2.75) is 51.0 Å². The van der Waals surface area contributed by atoms with Gasteiger partial charge in [0.2, 0.25) is 15.9 Å². The van der Waals surface area contributed by atoms with Crippen molar-refractivity contribution in [1.29, 1.82) is 0 Å². The fourth-order valence-electron chi connectivity index (χ4n) is 4.02. The second kappa shape index (κ2) is 8.45. The van der Waals surface area contributed by atoms with E-state index in [2.05, 4.69) is 4.72 Å². The van der Waals surface area contributed by atoms with Gasteiger partial charge in [0.1, 0.15) is 6.04 Å². The maximum atomic E-state index is 13.2. The summed E-state index contributed by atoms with van der Waals surface area (Å²) in [5, 5.41) is 0. The number of rotatable bonds is 6. The summed E-state index contributed by atoms with van der Waals surface area (Å²) in [5.41, 5.74) is 3.33. The van der Waals surface area contributed by atoms with Gasteiger partial charge in [0.05, 0.1) is 4.90 Å². The van der Waals surface area contributed by atoms with Crippen LogP contribution in [0, 0.1) is 20.8 Å². The molecule has 1 aliphatic heterocycles. The van der Waals surface area contributed by atoms with Crippen LogP contribution < -0.4 is 4.72 Å². The van der Waals surface area contributed by atoms with Gasteiger partial charge in [0, 0.05) is 13.1 Å². The molecule has 1 atom stereocenters. The third-order valence-corrected chi connectivity index (χ3v) is 6.95. The summed E-state index contributed by atoms with van der Waals surface area (Å²) in [6.45, 7) is 6.91. The van der Waals surface area contributed by atoms with E-state index in [1.54, 1.807) is 18.7 Å². The monoisotopic (exact) mass is 400 g/mol. The summed E-state index contributed by atoms with van der Waals surface area (Å²) in [5.74, 6) is -0.146. The number of carbonyl (C=O) groups is 1. The summed E-state index contributed by atoms with van der Waals surface area (Å²) < 4.78 is 29.2. The molecule has 1 amide bonds. The Bertz CT molecular complexity index is 926. The average Bonchev–Trinajstić information content (AvgIpc) is 3.14. The minimum Gasteiger partial charge on any atom is -0.341 e. The predicted octanol–water partition coefficient (Wildman–Crippen LogP) is 3.12. The number of hydrogen-bond acceptors (Lipinski definition) is 3. The summed E-state index contributed by atoms with van der Waals surface area (Å²) >= 11 is 0. The number of amides is 1. The standard InChI is InChI=1S/C22H28N2O3S/c1-16-13-17(2)21(18(3)14-16)28(26,27)23-20(15-19-9-5-4-6-10-19)22(25)24-11-7-8-12-24/h4-6,9-10,13-14,20,23H,7-8,11-12,15H2,1-3H3/t20-/m1/s1. The van der Waals surface area contributed by atoms with Gasteiger partial charge in [-0.1, -0.05) is 48.0 Å². The lowest BCUT2D eigenvalue weighted by Gasteiger charge is -2.25. The van der Waals surface area contributed by atoms with Crippen molar-refractivity contribution in [3.8, 4) is 0 Å². The summed E-state index contributed by atoms with van der Waals surface area (Å²) in [6, 6.07) is 12.4. The molecule has 1 heterocycles. The molecule has 0 saturated carbocycles. The van der Waals surface area contributed by atoms with Crippen molar-refractivity contribution in [3.05, 3.63) is 64.7 Å². The number of likely N-dealkylation sites (tertiary alicyclic amines) is 1. The predicted molar refractivity (Wildman–Crippen MR) is 111 cm³/mol. The molecule has 3 rings (SSSR count). The number of sulfonamides is 1. The van der Waals surface area contributed by atoms with E-state index in [1.165, 1.54) is 0 Å². The molecule has 150 valence electrons. The second-order valence-corrected chi connectivity index (χ2v) is 9.27. The van der Waals surface area contributed by atoms with Crippen LogP contribution in [0.5, 0.6) is 0 Å². The van der Waals surface area contributed by atoms with E-state index < -0.39 is 16.1 Å². The number of carbonyl (C=O) groups excluding carboxylic acids is 1. The van der Waals surface area contributed by atoms with Crippen molar-refractivity contribution < 1.29 is 13.2 Å². The molecular formula is C22H28N2O3S. The van der Waals surface area contributed by atoms with E-state index >= 15 is 0 Å². The van der Waals surface area contributed by atoms with E-state index in [0.29, 0.717) is 30.6 Å². The van der Waals surface area contributed by atoms with Gasteiger partial charge in [-0.15, -0.1) is 0 Å². The molecule has 1 aliphatic rings. The third kappa shape index (κ3) is 4.62. The highest BCUT2D eigenvalue weighted by Gasteiger charge is 2.32. The molecule has 1 fully saturated rings. The first-order chi connectivity index (χ1) is 13.3. The molecule has 0 aliphatic carbocycles. The lowest BCUT2D eigenvalue weighted by Crippen LogP contribution is -2.49. The molecule has 2 aromatic rings. The van der Waals surface area contributed by atoms with Crippen molar-refractivity contribution in [2.24, 2.45) is 0 Å². The topological polar surface area (TPSA) is 66.5 Å². The number of aryl methyl sites for hydroxylation is 3. The van der Waals surface area contributed by atoms with E-state index in [0.717, 1.165) is 24.0 Å². The lowest BCUT2D eigenvalue weighted by atomic mass is 10.1. The van der Waals surface area contributed by atoms with E-state index in [1.807, 2.05) is 49.4 Å². The number of nitrogens with one attached hydrogen (secondary N) is 1. The summed E-state index contributed by atoms with van der Waals surface area (Å²) in [6.07, 6.45) is 2.26. The van der Waals surface area contributed by atoms with E-state index in [4.69, 9.17) is 0 Å². The van der Waals surface area contributed by atoms with Crippen LogP contribution in [-0.4, -0.2) is 38.4 Å². The molecule has 2 aromatic carbocycles. The van der Waals surface area contributed by atoms with Gasteiger partial charge in [-0.05, 0) is 56.7 Å². The Morgan fingerprint density at radius 1 is 1.04 bits per heavy atom. The zero-order chi connectivity index (χ0) is 20.3. The summed E-state index contributed by atoms with van der Waals surface area (Å²) in [4.78, 5) is 15.1. The first-order valence-electron chi connectivity index (χ1n) is 9.71. The Hall–Kier alpha value is -2.18. The highest BCUT2D eigenvalue weighted by molar-refractivity contribution is 7.89. The van der Waals surface area contributed by atoms with Gasteiger partial charge < -0.3 is 4.90 Å². The lowest BCUT2D eigenvalue weighted by molar-refractivity contribution is -0.131. The minimum atomic E-state index is -3.83. The van der Waals surface area contributed by atoms with E-state index in [-0.39, 0.29) is 10.8 Å². The zero-order valence-corrected chi connectivity index (χ0v) is 17.6. The number of nitrogens with zero attached hydrogens (tertiary/aromatic N) is 1. The SMILES string of the molecule is Cc1cc(C)c(S(=O)(=O)N[C@H](Cc2ccccc2)C(=O)N2CCCC2)c(C)c1. The molecule has 0 unspecified atom stereocenters. The third-order valence-electron chi connectivity index (χ3n) is 5.17. The summed E-state index contributed by atoms with van der Waals surface area (Å²) in [7, 11) is -3.83. The Labute approximate surface area is 167 Å². The van der Waals surface area contributed by atoms with Crippen LogP contribution in [0.2, 0.25) is 0 Å². The van der Waals surface area contributed by atoms with Crippen molar-refractivity contribution >= 4 is 15.9 Å². The highest BCUT2D eigenvalue weighted by atomic mass is 32.2. The van der Waals surface area contributed by atoms with Crippen LogP contribution in [0.1, 0.15) is 35.1 Å². The Kier molecular flexibility index (Phi) is 6.20. The molecule has 6 heteroatoms. The fourth-order valence-corrected chi connectivity index (χ4v) is 5.67. The Morgan fingerprint density at radius 2 is 1.61 bits per heavy atom. The smallest absolute Gasteiger partial charge is 0.241 e. The molecule has 5 nitrogen and oxygen atoms in total. The molecule has 0 aromatic heterocycles. The van der Waals surface area contributed by atoms with Gasteiger partial charge in [0.25, 0.3) is 0 Å². The highest BCUT2D eigenvalue weighted by Crippen LogP contribution is 2.23. The van der Waals surface area contributed by atoms with Crippen molar-refractivity contribution in [3.63, 3.8) is 0 Å². The molecule has 0 radical (unpaired) electrons. The Balaban J connectivity index is 1.92. The van der Waals surface area contributed by atoms with Gasteiger partial charge >= 0.3 is 0 Å². The first-order valence-corrected chi connectivity index (χ1v) is 11.2. The van der Waals surface area contributed by atoms with Crippen molar-refractivity contribution in [1.82, 2.24) is 9.62 Å². The first kappa shape index (κ1) is 20.6. The van der Waals surface area contributed by atoms with Crippen LogP contribution in [0.15, 0.2) is 47.4 Å². The van der Waals surface area contributed by atoms with E-state index in [9.17, 15) is 13.2 Å². The largest absolute Gasteiger partial charge is 0.341 e. The number of hydrogen-bond donors (Lipinski definition) is 1. The zero-order valence-electron chi connectivity index (χ0n) is 16.7. The van der Waals surface area contributed by atoms with Gasteiger partial charge in [-0.25, -0.2) is 8.42 Å². The van der Waals surface area contributed by atoms with Crippen LogP contribution in [0.3, 0.4) is 0 Å². The van der Waals surface area contributed by atoms with Crippen LogP contribution >= 0.6 is 0 Å². The molecule has 1 N–H and O–H groups in total. The molecule has 0 spiro atoms. The molecule has 0 bridgehead atoms. The maximum Gasteiger partial charge on any atom is 0.241 e. The molecular weight excluding hydrogens is 372 g/mol. The molecule has 1 saturated heterocycles. The Morgan fingerprint density at radius 3 is 2.18 bits per heavy atom. The maximum absolute atomic E-state index is 13.2. The number of benzene rings is 2. The minimum absolute atomic E-state index is 0.146. The van der Waals surface area contributed by atoms with Gasteiger partial charge in [-0.2, -0.15) is 4.72 Å². The van der Waals surface area contributed by atoms with Gasteiger partial charge in [-0.3, -0.25) is 4.79 Å².